The highest BCUT2D eigenvalue weighted by atomic mass is 16.1. The summed E-state index contributed by atoms with van der Waals surface area (Å²) in [6.07, 6.45) is 6.27. The van der Waals surface area contributed by atoms with Gasteiger partial charge in [-0.3, -0.25) is 4.79 Å². The van der Waals surface area contributed by atoms with Gasteiger partial charge in [0, 0.05) is 18.4 Å². The van der Waals surface area contributed by atoms with Gasteiger partial charge in [-0.05, 0) is 17.2 Å². The minimum absolute atomic E-state index is 0.184. The van der Waals surface area contributed by atoms with Gasteiger partial charge in [0.25, 0.3) is 0 Å². The molecule has 18 heavy (non-hydrogen) atoms. The van der Waals surface area contributed by atoms with E-state index in [0.717, 1.165) is 16.7 Å². The van der Waals surface area contributed by atoms with E-state index in [0.29, 0.717) is 12.8 Å². The summed E-state index contributed by atoms with van der Waals surface area (Å²) < 4.78 is 0. The Morgan fingerprint density at radius 1 is 0.944 bits per heavy atom. The molecule has 0 bridgehead atoms. The number of terminal acetylenes is 1. The highest BCUT2D eigenvalue weighted by molar-refractivity contribution is 5.83. The molecule has 0 aliphatic carbocycles. The van der Waals surface area contributed by atoms with Crippen molar-refractivity contribution >= 4 is 5.78 Å². The van der Waals surface area contributed by atoms with Gasteiger partial charge in [0.05, 0.1) is 0 Å². The fourth-order valence-electron chi connectivity index (χ4n) is 1.91. The van der Waals surface area contributed by atoms with Crippen LogP contribution in [0, 0.1) is 12.3 Å². The van der Waals surface area contributed by atoms with E-state index in [9.17, 15) is 4.79 Å². The molecule has 0 saturated heterocycles. The largest absolute Gasteiger partial charge is 0.299 e. The molecule has 0 heterocycles. The van der Waals surface area contributed by atoms with Crippen molar-refractivity contribution in [1.82, 2.24) is 0 Å². The minimum atomic E-state index is 0.184. The Kier molecular flexibility index (Phi) is 3.94. The van der Waals surface area contributed by atoms with Crippen LogP contribution >= 0.6 is 0 Å². The maximum atomic E-state index is 12.0. The first kappa shape index (κ1) is 12.1. The second-order valence-corrected chi connectivity index (χ2v) is 4.18. The van der Waals surface area contributed by atoms with Crippen molar-refractivity contribution in [2.45, 2.75) is 12.8 Å². The Bertz CT molecular complexity index is 576. The summed E-state index contributed by atoms with van der Waals surface area (Å²) in [6, 6.07) is 17.3. The van der Waals surface area contributed by atoms with Crippen molar-refractivity contribution in [1.29, 1.82) is 0 Å². The Labute approximate surface area is 107 Å². The van der Waals surface area contributed by atoms with Crippen LogP contribution in [0.3, 0.4) is 0 Å². The standard InChI is InChI=1S/C17H14O/c1-2-15-10-6-7-11-16(15)13-17(18)12-14-8-4-3-5-9-14/h1,3-11H,12-13H2. The molecule has 0 aliphatic heterocycles. The Morgan fingerprint density at radius 2 is 1.61 bits per heavy atom. The molecule has 1 nitrogen and oxygen atoms in total. The minimum Gasteiger partial charge on any atom is -0.299 e. The highest BCUT2D eigenvalue weighted by Gasteiger charge is 2.07. The molecule has 0 saturated carbocycles. The third-order valence-corrected chi connectivity index (χ3v) is 2.80. The Balaban J connectivity index is 2.06. The number of carbonyl (C=O) groups excluding carboxylic acids is 1. The zero-order chi connectivity index (χ0) is 12.8. The third-order valence-electron chi connectivity index (χ3n) is 2.80. The number of benzene rings is 2. The highest BCUT2D eigenvalue weighted by Crippen LogP contribution is 2.10. The molecule has 0 aliphatic rings. The van der Waals surface area contributed by atoms with E-state index in [4.69, 9.17) is 6.42 Å². The van der Waals surface area contributed by atoms with E-state index in [-0.39, 0.29) is 5.78 Å². The van der Waals surface area contributed by atoms with Gasteiger partial charge in [-0.1, -0.05) is 54.5 Å². The lowest BCUT2D eigenvalue weighted by atomic mass is 9.99. The molecule has 2 aromatic carbocycles. The van der Waals surface area contributed by atoms with Gasteiger partial charge >= 0.3 is 0 Å². The van der Waals surface area contributed by atoms with E-state index in [1.165, 1.54) is 0 Å². The Hall–Kier alpha value is -2.33. The van der Waals surface area contributed by atoms with Crippen molar-refractivity contribution in [3.05, 3.63) is 71.3 Å². The zero-order valence-electron chi connectivity index (χ0n) is 10.1. The molecule has 0 atom stereocenters. The first-order chi connectivity index (χ1) is 8.79. The molecule has 0 N–H and O–H groups in total. The molecule has 0 amide bonds. The second-order valence-electron chi connectivity index (χ2n) is 4.18. The monoisotopic (exact) mass is 234 g/mol. The van der Waals surface area contributed by atoms with Crippen LogP contribution in [-0.4, -0.2) is 5.78 Å². The number of Topliss-reactive ketones (excluding diaryl/α,β-unsaturated/α-hetero) is 1. The average Bonchev–Trinajstić information content (AvgIpc) is 2.40. The molecule has 0 radical (unpaired) electrons. The van der Waals surface area contributed by atoms with E-state index in [2.05, 4.69) is 5.92 Å². The van der Waals surface area contributed by atoms with Crippen molar-refractivity contribution < 1.29 is 4.79 Å². The predicted octanol–water partition coefficient (Wildman–Crippen LogP) is 3.02. The molecule has 0 spiro atoms. The zero-order valence-corrected chi connectivity index (χ0v) is 10.1. The van der Waals surface area contributed by atoms with Crippen LogP contribution in [0.4, 0.5) is 0 Å². The number of carbonyl (C=O) groups is 1. The van der Waals surface area contributed by atoms with Gasteiger partial charge in [0.15, 0.2) is 0 Å². The van der Waals surface area contributed by atoms with Crippen molar-refractivity contribution in [2.75, 3.05) is 0 Å². The fourth-order valence-corrected chi connectivity index (χ4v) is 1.91. The Morgan fingerprint density at radius 3 is 2.33 bits per heavy atom. The predicted molar refractivity (Wildman–Crippen MR) is 73.2 cm³/mol. The van der Waals surface area contributed by atoms with Crippen LogP contribution in [0.2, 0.25) is 0 Å². The van der Waals surface area contributed by atoms with Crippen LogP contribution in [0.5, 0.6) is 0 Å². The van der Waals surface area contributed by atoms with Gasteiger partial charge in [-0.2, -0.15) is 0 Å². The summed E-state index contributed by atoms with van der Waals surface area (Å²) in [5.41, 5.74) is 2.78. The van der Waals surface area contributed by atoms with Crippen LogP contribution < -0.4 is 0 Å². The molecule has 0 unspecified atom stereocenters. The normalized spacial score (nSPS) is 9.72. The molecule has 2 rings (SSSR count). The first-order valence-electron chi connectivity index (χ1n) is 5.90. The van der Waals surface area contributed by atoms with E-state index < -0.39 is 0 Å². The molecule has 1 heteroatoms. The van der Waals surface area contributed by atoms with Crippen LogP contribution in [0.25, 0.3) is 0 Å². The molecule has 2 aromatic rings. The summed E-state index contributed by atoms with van der Waals surface area (Å²) in [5, 5.41) is 0. The van der Waals surface area contributed by atoms with Gasteiger partial charge < -0.3 is 0 Å². The summed E-state index contributed by atoms with van der Waals surface area (Å²) in [7, 11) is 0. The van der Waals surface area contributed by atoms with Gasteiger partial charge in [0.2, 0.25) is 0 Å². The lowest BCUT2D eigenvalue weighted by Crippen LogP contribution is -2.07. The molecular formula is C17H14O. The van der Waals surface area contributed by atoms with E-state index in [1.807, 2.05) is 54.6 Å². The first-order valence-corrected chi connectivity index (χ1v) is 5.90. The van der Waals surface area contributed by atoms with Crippen LogP contribution in [-0.2, 0) is 17.6 Å². The summed E-state index contributed by atoms with van der Waals surface area (Å²) in [6.45, 7) is 0. The van der Waals surface area contributed by atoms with Crippen molar-refractivity contribution in [2.24, 2.45) is 0 Å². The van der Waals surface area contributed by atoms with Gasteiger partial charge in [-0.25, -0.2) is 0 Å². The maximum absolute atomic E-state index is 12.0. The van der Waals surface area contributed by atoms with Crippen molar-refractivity contribution in [3.8, 4) is 12.3 Å². The van der Waals surface area contributed by atoms with Gasteiger partial charge in [0.1, 0.15) is 5.78 Å². The second kappa shape index (κ2) is 5.84. The smallest absolute Gasteiger partial charge is 0.141 e. The lowest BCUT2D eigenvalue weighted by molar-refractivity contribution is -0.117. The number of ketones is 1. The third kappa shape index (κ3) is 3.09. The summed E-state index contributed by atoms with van der Waals surface area (Å²) >= 11 is 0. The van der Waals surface area contributed by atoms with E-state index in [1.54, 1.807) is 0 Å². The lowest BCUT2D eigenvalue weighted by Gasteiger charge is -2.04. The quantitative estimate of drug-likeness (QED) is 0.743. The van der Waals surface area contributed by atoms with E-state index >= 15 is 0 Å². The fraction of sp³-hybridized carbons (Fsp3) is 0.118. The van der Waals surface area contributed by atoms with Gasteiger partial charge in [-0.15, -0.1) is 6.42 Å². The molecule has 0 fully saturated rings. The van der Waals surface area contributed by atoms with Crippen LogP contribution in [0.15, 0.2) is 54.6 Å². The number of hydrogen-bond acceptors (Lipinski definition) is 1. The topological polar surface area (TPSA) is 17.1 Å². The molecule has 88 valence electrons. The maximum Gasteiger partial charge on any atom is 0.141 e. The SMILES string of the molecule is C#Cc1ccccc1CC(=O)Cc1ccccc1. The average molecular weight is 234 g/mol. The van der Waals surface area contributed by atoms with Crippen LogP contribution in [0.1, 0.15) is 16.7 Å². The molecular weight excluding hydrogens is 220 g/mol. The van der Waals surface area contributed by atoms with Crippen molar-refractivity contribution in [3.63, 3.8) is 0 Å². The number of rotatable bonds is 4. The molecule has 0 aromatic heterocycles. The summed E-state index contributed by atoms with van der Waals surface area (Å²) in [5.74, 6) is 2.80. The summed E-state index contributed by atoms with van der Waals surface area (Å²) in [4.78, 5) is 12.0. The number of hydrogen-bond donors (Lipinski definition) is 0.